The van der Waals surface area contributed by atoms with Gasteiger partial charge in [-0.3, -0.25) is 9.89 Å². The van der Waals surface area contributed by atoms with Crippen molar-refractivity contribution in [3.05, 3.63) is 60.2 Å². The normalized spacial score (nSPS) is 12.3. The number of nitrogens with one attached hydrogen (secondary N) is 3. The molecule has 138 valence electrons. The fourth-order valence-corrected chi connectivity index (χ4v) is 3.35. The van der Waals surface area contributed by atoms with Gasteiger partial charge in [-0.2, -0.15) is 16.9 Å². The largest absolute Gasteiger partial charge is 0.463 e. The van der Waals surface area contributed by atoms with Crippen molar-refractivity contribution < 1.29 is 9.21 Å². The lowest BCUT2D eigenvalue weighted by Crippen LogP contribution is -2.30. The summed E-state index contributed by atoms with van der Waals surface area (Å²) in [5.41, 5.74) is 2.81. The maximum absolute atomic E-state index is 12.7. The monoisotopic (exact) mass is 381 g/mol. The predicted octanol–water partition coefficient (Wildman–Crippen LogP) is 3.77. The molecule has 7 nitrogen and oxygen atoms in total. The Morgan fingerprint density at radius 1 is 1.30 bits per heavy atom. The summed E-state index contributed by atoms with van der Waals surface area (Å²) in [7, 11) is 0. The summed E-state index contributed by atoms with van der Waals surface area (Å²) in [5.74, 6) is 2.04. The number of benzene rings is 1. The maximum Gasteiger partial charge on any atom is 0.272 e. The quantitative estimate of drug-likeness (QED) is 0.452. The van der Waals surface area contributed by atoms with Crippen LogP contribution in [0.15, 0.2) is 53.1 Å². The lowest BCUT2D eigenvalue weighted by Gasteiger charge is -2.15. The van der Waals surface area contributed by atoms with Crippen molar-refractivity contribution in [1.82, 2.24) is 25.5 Å². The molecular weight excluding hydrogens is 362 g/mol. The van der Waals surface area contributed by atoms with E-state index in [0.29, 0.717) is 17.1 Å². The third-order valence-corrected chi connectivity index (χ3v) is 4.89. The number of aromatic amines is 2. The first-order valence-electron chi connectivity index (χ1n) is 8.58. The highest BCUT2D eigenvalue weighted by atomic mass is 32.2. The Hall–Kier alpha value is -3.00. The van der Waals surface area contributed by atoms with Crippen molar-refractivity contribution in [2.24, 2.45) is 0 Å². The number of nitrogens with zero attached hydrogens (tertiary/aromatic N) is 2. The fraction of sp³-hybridized carbons (Fsp3) is 0.211. The Morgan fingerprint density at radius 2 is 2.19 bits per heavy atom. The smallest absolute Gasteiger partial charge is 0.272 e. The number of thioether (sulfide) groups is 1. The number of furan rings is 1. The molecule has 0 saturated carbocycles. The van der Waals surface area contributed by atoms with Crippen LogP contribution in [0.3, 0.4) is 0 Å². The predicted molar refractivity (Wildman–Crippen MR) is 106 cm³/mol. The highest BCUT2D eigenvalue weighted by Gasteiger charge is 2.21. The molecule has 27 heavy (non-hydrogen) atoms. The molecule has 0 fully saturated rings. The van der Waals surface area contributed by atoms with Crippen LogP contribution < -0.4 is 5.32 Å². The van der Waals surface area contributed by atoms with Crippen LogP contribution in [0.2, 0.25) is 0 Å². The molecule has 1 amide bonds. The fourth-order valence-electron chi connectivity index (χ4n) is 2.88. The molecule has 0 aliphatic rings. The molecule has 0 radical (unpaired) electrons. The minimum absolute atomic E-state index is 0.221. The molecule has 3 aromatic heterocycles. The summed E-state index contributed by atoms with van der Waals surface area (Å²) in [6.07, 6.45) is 4.39. The van der Waals surface area contributed by atoms with Gasteiger partial charge >= 0.3 is 0 Å². The van der Waals surface area contributed by atoms with Gasteiger partial charge in [-0.05, 0) is 42.7 Å². The summed E-state index contributed by atoms with van der Waals surface area (Å²) in [6, 6.07) is 12.9. The zero-order valence-electron chi connectivity index (χ0n) is 14.7. The van der Waals surface area contributed by atoms with E-state index in [1.165, 1.54) is 0 Å². The second kappa shape index (κ2) is 7.71. The standard InChI is InChI=1S/C19H19N5O2S/c1-27-10-8-14(18-20-12-5-2-3-6-13(12)21-18)22-19(25)16-11-15(23-24-16)17-7-4-9-26-17/h2-7,9,11,14H,8,10H2,1H3,(H,20,21)(H,22,25)(H,23,24). The SMILES string of the molecule is CSCCC(NC(=O)c1cc(-c2ccco2)[nH]n1)c1nc2ccccc2[nH]1. The van der Waals surface area contributed by atoms with Crippen molar-refractivity contribution in [3.8, 4) is 11.5 Å². The van der Waals surface area contributed by atoms with E-state index >= 15 is 0 Å². The number of imidazole rings is 1. The average Bonchev–Trinajstić information content (AvgIpc) is 3.43. The van der Waals surface area contributed by atoms with Gasteiger partial charge in [0.1, 0.15) is 11.5 Å². The van der Waals surface area contributed by atoms with Crippen LogP contribution in [0.25, 0.3) is 22.5 Å². The van der Waals surface area contributed by atoms with Crippen molar-refractivity contribution in [3.63, 3.8) is 0 Å². The molecular formula is C19H19N5O2S. The zero-order valence-corrected chi connectivity index (χ0v) is 15.5. The number of fused-ring (bicyclic) bond motifs is 1. The van der Waals surface area contributed by atoms with Gasteiger partial charge in [0.05, 0.1) is 23.3 Å². The topological polar surface area (TPSA) is 99.6 Å². The molecule has 0 aliphatic heterocycles. The van der Waals surface area contributed by atoms with E-state index < -0.39 is 0 Å². The maximum atomic E-state index is 12.7. The lowest BCUT2D eigenvalue weighted by molar-refractivity contribution is 0.0929. The minimum Gasteiger partial charge on any atom is -0.463 e. The molecule has 1 unspecified atom stereocenters. The van der Waals surface area contributed by atoms with Crippen LogP contribution in [0.5, 0.6) is 0 Å². The molecule has 0 spiro atoms. The van der Waals surface area contributed by atoms with Crippen molar-refractivity contribution in [2.45, 2.75) is 12.5 Å². The van der Waals surface area contributed by atoms with Crippen LogP contribution in [0.1, 0.15) is 28.8 Å². The van der Waals surface area contributed by atoms with E-state index in [4.69, 9.17) is 4.42 Å². The van der Waals surface area contributed by atoms with E-state index in [1.807, 2.05) is 36.6 Å². The molecule has 4 aromatic rings. The highest BCUT2D eigenvalue weighted by molar-refractivity contribution is 7.98. The molecule has 0 bridgehead atoms. The van der Waals surface area contributed by atoms with Gasteiger partial charge in [0, 0.05) is 6.07 Å². The molecule has 0 saturated heterocycles. The van der Waals surface area contributed by atoms with Crippen molar-refractivity contribution in [2.75, 3.05) is 12.0 Å². The van der Waals surface area contributed by atoms with Gasteiger partial charge in [0.25, 0.3) is 5.91 Å². The number of amides is 1. The number of rotatable bonds is 7. The Balaban J connectivity index is 1.55. The third-order valence-electron chi connectivity index (χ3n) is 4.25. The number of para-hydroxylation sites is 2. The molecule has 3 N–H and O–H groups in total. The highest BCUT2D eigenvalue weighted by Crippen LogP contribution is 2.22. The van der Waals surface area contributed by atoms with Crippen LogP contribution in [-0.2, 0) is 0 Å². The molecule has 0 aliphatic carbocycles. The Bertz CT molecular complexity index is 1000. The van der Waals surface area contributed by atoms with Gasteiger partial charge in [-0.25, -0.2) is 4.98 Å². The minimum atomic E-state index is -0.254. The molecule has 1 atom stereocenters. The number of carbonyl (C=O) groups excluding carboxylic acids is 1. The number of hydrogen-bond donors (Lipinski definition) is 3. The zero-order chi connectivity index (χ0) is 18.6. The molecule has 4 rings (SSSR count). The number of carbonyl (C=O) groups is 1. The molecule has 1 aromatic carbocycles. The van der Waals surface area contributed by atoms with E-state index in [1.54, 1.807) is 30.2 Å². The Kier molecular flexibility index (Phi) is 4.97. The molecule has 3 heterocycles. The van der Waals surface area contributed by atoms with Crippen molar-refractivity contribution in [1.29, 1.82) is 0 Å². The first-order chi connectivity index (χ1) is 13.2. The van der Waals surface area contributed by atoms with Crippen LogP contribution in [0.4, 0.5) is 0 Å². The van der Waals surface area contributed by atoms with Gasteiger partial charge < -0.3 is 14.7 Å². The Labute approximate surface area is 160 Å². The van der Waals surface area contributed by atoms with Crippen LogP contribution >= 0.6 is 11.8 Å². The number of H-pyrrole nitrogens is 2. The summed E-state index contributed by atoms with van der Waals surface area (Å²) in [6.45, 7) is 0. The van der Waals surface area contributed by atoms with Crippen LogP contribution in [-0.4, -0.2) is 38.1 Å². The van der Waals surface area contributed by atoms with Gasteiger partial charge in [0.2, 0.25) is 0 Å². The number of aromatic nitrogens is 4. The van der Waals surface area contributed by atoms with E-state index in [-0.39, 0.29) is 11.9 Å². The van der Waals surface area contributed by atoms with E-state index in [0.717, 1.165) is 29.0 Å². The summed E-state index contributed by atoms with van der Waals surface area (Å²) < 4.78 is 5.33. The average molecular weight is 381 g/mol. The lowest BCUT2D eigenvalue weighted by atomic mass is 10.2. The molecule has 8 heteroatoms. The summed E-state index contributed by atoms with van der Waals surface area (Å²) in [4.78, 5) is 20.7. The van der Waals surface area contributed by atoms with Crippen LogP contribution in [0, 0.1) is 0 Å². The van der Waals surface area contributed by atoms with Gasteiger partial charge in [0.15, 0.2) is 11.5 Å². The first kappa shape index (κ1) is 17.4. The van der Waals surface area contributed by atoms with E-state index in [2.05, 4.69) is 25.5 Å². The number of hydrogen-bond acceptors (Lipinski definition) is 5. The summed E-state index contributed by atoms with van der Waals surface area (Å²) >= 11 is 1.73. The van der Waals surface area contributed by atoms with Gasteiger partial charge in [-0.15, -0.1) is 0 Å². The third kappa shape index (κ3) is 3.75. The summed E-state index contributed by atoms with van der Waals surface area (Å²) in [5, 5.41) is 9.99. The first-order valence-corrected chi connectivity index (χ1v) is 9.97. The second-order valence-corrected chi connectivity index (χ2v) is 7.08. The van der Waals surface area contributed by atoms with Gasteiger partial charge in [-0.1, -0.05) is 12.1 Å². The van der Waals surface area contributed by atoms with Crippen molar-refractivity contribution >= 4 is 28.7 Å². The second-order valence-electron chi connectivity index (χ2n) is 6.09. The van der Waals surface area contributed by atoms with E-state index in [9.17, 15) is 4.79 Å². The Morgan fingerprint density at radius 3 is 2.96 bits per heavy atom.